The second-order valence-corrected chi connectivity index (χ2v) is 7.27. The summed E-state index contributed by atoms with van der Waals surface area (Å²) in [6, 6.07) is 6.67. The van der Waals surface area contributed by atoms with Crippen LogP contribution < -0.4 is 10.2 Å². The van der Waals surface area contributed by atoms with Crippen molar-refractivity contribution in [2.45, 2.75) is 26.7 Å². The number of carbonyl (C=O) groups is 1. The van der Waals surface area contributed by atoms with E-state index in [1.165, 1.54) is 6.42 Å². The predicted molar refractivity (Wildman–Crippen MR) is 102 cm³/mol. The number of anilines is 2. The average Bonchev–Trinajstić information content (AvgIpc) is 2.57. The standard InChI is InChI=1S/C18H20Cl2N4O/c1-11-4-3-7-24(10-11)17-9-16(21-12(2)22-17)18(25)23-15-6-5-13(19)8-14(15)20/h5-6,8-9,11H,3-4,7,10H2,1-2H3,(H,23,25). The molecular formula is C18H20Cl2N4O. The van der Waals surface area contributed by atoms with Crippen molar-refractivity contribution in [3.8, 4) is 0 Å². The maximum atomic E-state index is 12.6. The Morgan fingerprint density at radius 1 is 1.28 bits per heavy atom. The molecule has 1 N–H and O–H groups in total. The maximum Gasteiger partial charge on any atom is 0.274 e. The molecule has 5 nitrogen and oxygen atoms in total. The summed E-state index contributed by atoms with van der Waals surface area (Å²) < 4.78 is 0. The second kappa shape index (κ2) is 7.58. The van der Waals surface area contributed by atoms with Gasteiger partial charge >= 0.3 is 0 Å². The van der Waals surface area contributed by atoms with Gasteiger partial charge in [-0.1, -0.05) is 30.1 Å². The van der Waals surface area contributed by atoms with Crippen LogP contribution >= 0.6 is 23.2 Å². The average molecular weight is 379 g/mol. The largest absolute Gasteiger partial charge is 0.356 e. The van der Waals surface area contributed by atoms with E-state index in [0.717, 1.165) is 25.3 Å². The maximum absolute atomic E-state index is 12.6. The molecule has 1 amide bonds. The number of piperidine rings is 1. The van der Waals surface area contributed by atoms with Gasteiger partial charge in [-0.2, -0.15) is 0 Å². The zero-order chi connectivity index (χ0) is 18.0. The monoisotopic (exact) mass is 378 g/mol. The first-order chi connectivity index (χ1) is 11.9. The van der Waals surface area contributed by atoms with E-state index >= 15 is 0 Å². The second-order valence-electron chi connectivity index (χ2n) is 6.43. The minimum absolute atomic E-state index is 0.318. The van der Waals surface area contributed by atoms with Gasteiger partial charge in [-0.25, -0.2) is 9.97 Å². The molecule has 7 heteroatoms. The summed E-state index contributed by atoms with van der Waals surface area (Å²) in [5.74, 6) is 1.67. The van der Waals surface area contributed by atoms with Crippen molar-refractivity contribution in [1.29, 1.82) is 0 Å². The number of benzene rings is 1. The van der Waals surface area contributed by atoms with Gasteiger partial charge in [0.25, 0.3) is 5.91 Å². The van der Waals surface area contributed by atoms with Crippen LogP contribution in [0.1, 0.15) is 36.1 Å². The van der Waals surface area contributed by atoms with E-state index in [1.54, 1.807) is 31.2 Å². The Morgan fingerprint density at radius 2 is 2.08 bits per heavy atom. The Bertz CT molecular complexity index is 797. The van der Waals surface area contributed by atoms with Gasteiger partial charge in [0.2, 0.25) is 0 Å². The van der Waals surface area contributed by atoms with Gasteiger partial charge in [0.1, 0.15) is 17.3 Å². The zero-order valence-electron chi connectivity index (χ0n) is 14.2. The summed E-state index contributed by atoms with van der Waals surface area (Å²) in [5.41, 5.74) is 0.826. The number of hydrogen-bond acceptors (Lipinski definition) is 4. The van der Waals surface area contributed by atoms with E-state index in [1.807, 2.05) is 0 Å². The van der Waals surface area contributed by atoms with Crippen LogP contribution in [-0.4, -0.2) is 29.0 Å². The fourth-order valence-corrected chi connectivity index (χ4v) is 3.46. The lowest BCUT2D eigenvalue weighted by Crippen LogP contribution is -2.35. The van der Waals surface area contributed by atoms with Crippen LogP contribution in [0.15, 0.2) is 24.3 Å². The van der Waals surface area contributed by atoms with Crippen molar-refractivity contribution >= 4 is 40.6 Å². The SMILES string of the molecule is Cc1nc(C(=O)Nc2ccc(Cl)cc2Cl)cc(N2CCCC(C)C2)n1. The summed E-state index contributed by atoms with van der Waals surface area (Å²) in [4.78, 5) is 23.6. The van der Waals surface area contributed by atoms with Crippen molar-refractivity contribution < 1.29 is 4.79 Å². The van der Waals surface area contributed by atoms with Crippen molar-refractivity contribution in [2.75, 3.05) is 23.3 Å². The fraction of sp³-hybridized carbons (Fsp3) is 0.389. The highest BCUT2D eigenvalue weighted by Crippen LogP contribution is 2.26. The highest BCUT2D eigenvalue weighted by Gasteiger charge is 2.20. The molecule has 25 heavy (non-hydrogen) atoms. The van der Waals surface area contributed by atoms with Gasteiger partial charge in [-0.05, 0) is 43.9 Å². The lowest BCUT2D eigenvalue weighted by Gasteiger charge is -2.32. The number of rotatable bonds is 3. The number of aromatic nitrogens is 2. The minimum Gasteiger partial charge on any atom is -0.356 e. The molecule has 1 aromatic carbocycles. The molecule has 1 aliphatic heterocycles. The molecule has 1 fully saturated rings. The number of carbonyl (C=O) groups excluding carboxylic acids is 1. The first-order valence-electron chi connectivity index (χ1n) is 8.29. The van der Waals surface area contributed by atoms with Gasteiger partial charge in [-0.15, -0.1) is 0 Å². The smallest absolute Gasteiger partial charge is 0.274 e. The van der Waals surface area contributed by atoms with Crippen LogP contribution in [0.5, 0.6) is 0 Å². The molecule has 0 aliphatic carbocycles. The van der Waals surface area contributed by atoms with Gasteiger partial charge in [0.05, 0.1) is 10.7 Å². The van der Waals surface area contributed by atoms with Crippen molar-refractivity contribution in [1.82, 2.24) is 9.97 Å². The molecule has 132 valence electrons. The fourth-order valence-electron chi connectivity index (χ4n) is 3.00. The Hall–Kier alpha value is -1.85. The molecule has 1 atom stereocenters. The van der Waals surface area contributed by atoms with Crippen LogP contribution in [0.25, 0.3) is 0 Å². The third-order valence-corrected chi connectivity index (χ3v) is 4.77. The lowest BCUT2D eigenvalue weighted by molar-refractivity contribution is 0.102. The van der Waals surface area contributed by atoms with Crippen molar-refractivity contribution in [3.05, 3.63) is 45.8 Å². The van der Waals surface area contributed by atoms with Gasteiger partial charge < -0.3 is 10.2 Å². The van der Waals surface area contributed by atoms with E-state index in [9.17, 15) is 4.79 Å². The van der Waals surface area contributed by atoms with E-state index < -0.39 is 0 Å². The summed E-state index contributed by atoms with van der Waals surface area (Å²) in [6.07, 6.45) is 2.36. The minimum atomic E-state index is -0.318. The molecule has 2 heterocycles. The molecular weight excluding hydrogens is 359 g/mol. The molecule has 0 bridgehead atoms. The summed E-state index contributed by atoms with van der Waals surface area (Å²) in [6.45, 7) is 5.92. The van der Waals surface area contributed by atoms with Crippen LogP contribution in [0.4, 0.5) is 11.5 Å². The Labute approximate surface area is 157 Å². The molecule has 0 radical (unpaired) electrons. The summed E-state index contributed by atoms with van der Waals surface area (Å²) in [7, 11) is 0. The molecule has 0 spiro atoms. The number of halogens is 2. The van der Waals surface area contributed by atoms with E-state index in [4.69, 9.17) is 23.2 Å². The number of aryl methyl sites for hydroxylation is 1. The normalized spacial score (nSPS) is 17.4. The van der Waals surface area contributed by atoms with E-state index in [0.29, 0.717) is 33.2 Å². The highest BCUT2D eigenvalue weighted by atomic mass is 35.5. The molecule has 1 aromatic heterocycles. The third kappa shape index (κ3) is 4.41. The highest BCUT2D eigenvalue weighted by molar-refractivity contribution is 6.36. The van der Waals surface area contributed by atoms with E-state index in [2.05, 4.69) is 27.1 Å². The zero-order valence-corrected chi connectivity index (χ0v) is 15.7. The van der Waals surface area contributed by atoms with Gasteiger partial charge in [-0.3, -0.25) is 4.79 Å². The van der Waals surface area contributed by atoms with Crippen LogP contribution in [0.3, 0.4) is 0 Å². The molecule has 1 unspecified atom stereocenters. The predicted octanol–water partition coefficient (Wildman–Crippen LogP) is 4.58. The number of hydrogen-bond donors (Lipinski definition) is 1. The molecule has 1 saturated heterocycles. The summed E-state index contributed by atoms with van der Waals surface area (Å²) in [5, 5.41) is 3.68. The first kappa shape index (κ1) is 18.0. The molecule has 2 aromatic rings. The van der Waals surface area contributed by atoms with E-state index in [-0.39, 0.29) is 5.91 Å². The van der Waals surface area contributed by atoms with Crippen LogP contribution in [0.2, 0.25) is 10.0 Å². The van der Waals surface area contributed by atoms with Crippen molar-refractivity contribution in [3.63, 3.8) is 0 Å². The molecule has 0 saturated carbocycles. The van der Waals surface area contributed by atoms with Crippen LogP contribution in [0, 0.1) is 12.8 Å². The molecule has 3 rings (SSSR count). The Morgan fingerprint density at radius 3 is 2.80 bits per heavy atom. The number of amides is 1. The topological polar surface area (TPSA) is 58.1 Å². The Balaban J connectivity index is 1.82. The Kier molecular flexibility index (Phi) is 5.45. The number of nitrogens with one attached hydrogen (secondary N) is 1. The number of nitrogens with zero attached hydrogens (tertiary/aromatic N) is 3. The van der Waals surface area contributed by atoms with Gasteiger partial charge in [0, 0.05) is 24.2 Å². The molecule has 1 aliphatic rings. The quantitative estimate of drug-likeness (QED) is 0.848. The van der Waals surface area contributed by atoms with Crippen molar-refractivity contribution in [2.24, 2.45) is 5.92 Å². The lowest BCUT2D eigenvalue weighted by atomic mass is 10.0. The summed E-state index contributed by atoms with van der Waals surface area (Å²) >= 11 is 12.0. The van der Waals surface area contributed by atoms with Crippen LogP contribution in [-0.2, 0) is 0 Å². The first-order valence-corrected chi connectivity index (χ1v) is 9.05. The third-order valence-electron chi connectivity index (χ3n) is 4.22. The van der Waals surface area contributed by atoms with Gasteiger partial charge in [0.15, 0.2) is 0 Å².